The lowest BCUT2D eigenvalue weighted by molar-refractivity contribution is 0.102. The molecular weight excluding hydrogens is 264 g/mol. The Morgan fingerprint density at radius 2 is 2.16 bits per heavy atom. The fraction of sp³-hybridized carbons (Fsp3) is 0. The standard InChI is InChI=1S/C12H8N4O2S/c17-10(15-12-13-6-14-16-12)9-5-7-3-1-2-4-8(7)11(18)19-9/h1-6H,(H2,13,14,15,16,17). The maximum absolute atomic E-state index is 12.0. The van der Waals surface area contributed by atoms with E-state index >= 15 is 0 Å². The van der Waals surface area contributed by atoms with Gasteiger partial charge in [-0.05, 0) is 17.5 Å². The minimum Gasteiger partial charge on any atom is -0.290 e. The molecule has 6 nitrogen and oxygen atoms in total. The molecule has 0 spiro atoms. The summed E-state index contributed by atoms with van der Waals surface area (Å²) in [5.74, 6) is -0.137. The first kappa shape index (κ1) is 11.5. The number of fused-ring (bicyclic) bond motifs is 1. The minimum atomic E-state index is -0.385. The minimum absolute atomic E-state index is 0.138. The molecular formula is C12H8N4O2S. The second-order valence-electron chi connectivity index (χ2n) is 3.77. The van der Waals surface area contributed by atoms with E-state index in [1.165, 1.54) is 6.33 Å². The van der Waals surface area contributed by atoms with Gasteiger partial charge in [-0.1, -0.05) is 29.5 Å². The molecule has 3 aromatic rings. The predicted octanol–water partition coefficient (Wildman–Crippen LogP) is 1.63. The summed E-state index contributed by atoms with van der Waals surface area (Å²) in [5, 5.41) is 10.0. The maximum Gasteiger partial charge on any atom is 0.268 e. The van der Waals surface area contributed by atoms with Crippen molar-refractivity contribution < 1.29 is 4.79 Å². The number of hydrogen-bond acceptors (Lipinski definition) is 5. The third-order valence-electron chi connectivity index (χ3n) is 2.54. The monoisotopic (exact) mass is 272 g/mol. The van der Waals surface area contributed by atoms with Gasteiger partial charge in [0, 0.05) is 5.39 Å². The van der Waals surface area contributed by atoms with E-state index in [9.17, 15) is 9.59 Å². The van der Waals surface area contributed by atoms with Gasteiger partial charge in [0.05, 0.1) is 4.88 Å². The molecule has 7 heteroatoms. The number of nitrogens with zero attached hydrogens (tertiary/aromatic N) is 2. The van der Waals surface area contributed by atoms with Gasteiger partial charge in [0.15, 0.2) is 0 Å². The fourth-order valence-corrected chi connectivity index (χ4v) is 2.51. The number of H-pyrrole nitrogens is 1. The SMILES string of the molecule is O=C(Nc1ncn[nH]1)c1cc2ccccc2c(=O)s1. The van der Waals surface area contributed by atoms with Crippen molar-refractivity contribution in [1.82, 2.24) is 15.2 Å². The van der Waals surface area contributed by atoms with Gasteiger partial charge in [0.2, 0.25) is 10.7 Å². The van der Waals surface area contributed by atoms with Crippen molar-refractivity contribution in [2.75, 3.05) is 5.32 Å². The van der Waals surface area contributed by atoms with Crippen molar-refractivity contribution in [3.8, 4) is 0 Å². The summed E-state index contributed by atoms with van der Waals surface area (Å²) in [4.78, 5) is 28.0. The molecule has 0 bridgehead atoms. The van der Waals surface area contributed by atoms with Crippen molar-refractivity contribution in [3.05, 3.63) is 51.1 Å². The first-order valence-corrected chi connectivity index (χ1v) is 6.25. The van der Waals surface area contributed by atoms with E-state index in [0.717, 1.165) is 16.7 Å². The molecule has 2 N–H and O–H groups in total. The molecule has 0 aliphatic heterocycles. The molecule has 19 heavy (non-hydrogen) atoms. The topological polar surface area (TPSA) is 87.7 Å². The Balaban J connectivity index is 2.01. The van der Waals surface area contributed by atoms with Crippen molar-refractivity contribution in [2.45, 2.75) is 0 Å². The Labute approximate surface area is 111 Å². The van der Waals surface area contributed by atoms with Crippen LogP contribution >= 0.6 is 11.3 Å². The molecule has 1 amide bonds. The van der Waals surface area contributed by atoms with E-state index in [1.807, 2.05) is 6.07 Å². The van der Waals surface area contributed by atoms with Gasteiger partial charge in [0.1, 0.15) is 6.33 Å². The molecule has 0 saturated carbocycles. The van der Waals surface area contributed by atoms with Gasteiger partial charge < -0.3 is 0 Å². The zero-order valence-electron chi connectivity index (χ0n) is 9.58. The van der Waals surface area contributed by atoms with Crippen LogP contribution in [0.5, 0.6) is 0 Å². The summed E-state index contributed by atoms with van der Waals surface area (Å²) in [6.07, 6.45) is 1.29. The average molecular weight is 272 g/mol. The van der Waals surface area contributed by atoms with Crippen LogP contribution in [0.3, 0.4) is 0 Å². The Kier molecular flexibility index (Phi) is 2.81. The van der Waals surface area contributed by atoms with E-state index in [-0.39, 0.29) is 16.6 Å². The molecule has 0 atom stereocenters. The highest BCUT2D eigenvalue weighted by molar-refractivity contribution is 7.12. The predicted molar refractivity (Wildman–Crippen MR) is 72.4 cm³/mol. The maximum atomic E-state index is 12.0. The summed E-state index contributed by atoms with van der Waals surface area (Å²) < 4.78 is -0.138. The summed E-state index contributed by atoms with van der Waals surface area (Å²) in [7, 11) is 0. The molecule has 0 saturated heterocycles. The van der Waals surface area contributed by atoms with Crippen LogP contribution in [-0.2, 0) is 0 Å². The smallest absolute Gasteiger partial charge is 0.268 e. The molecule has 0 radical (unpaired) electrons. The zero-order chi connectivity index (χ0) is 13.2. The van der Waals surface area contributed by atoms with Crippen LogP contribution in [0.1, 0.15) is 9.67 Å². The number of aromatic amines is 1. The lowest BCUT2D eigenvalue weighted by Gasteiger charge is -2.02. The van der Waals surface area contributed by atoms with E-state index in [4.69, 9.17) is 0 Å². The number of hydrogen-bond donors (Lipinski definition) is 2. The van der Waals surface area contributed by atoms with Crippen LogP contribution in [0.25, 0.3) is 10.8 Å². The van der Waals surface area contributed by atoms with Crippen LogP contribution in [0.2, 0.25) is 0 Å². The molecule has 0 unspecified atom stereocenters. The summed E-state index contributed by atoms with van der Waals surface area (Å²) in [6.45, 7) is 0. The van der Waals surface area contributed by atoms with Gasteiger partial charge in [-0.2, -0.15) is 10.1 Å². The first-order valence-electron chi connectivity index (χ1n) is 5.43. The third-order valence-corrected chi connectivity index (χ3v) is 3.47. The quantitative estimate of drug-likeness (QED) is 0.742. The molecule has 0 aliphatic carbocycles. The number of carbonyl (C=O) groups is 1. The van der Waals surface area contributed by atoms with Crippen LogP contribution in [0.4, 0.5) is 5.95 Å². The first-order chi connectivity index (χ1) is 9.24. The van der Waals surface area contributed by atoms with E-state index in [0.29, 0.717) is 10.3 Å². The highest BCUT2D eigenvalue weighted by Crippen LogP contribution is 2.15. The Hall–Kier alpha value is -2.54. The second kappa shape index (κ2) is 4.62. The highest BCUT2D eigenvalue weighted by atomic mass is 32.1. The highest BCUT2D eigenvalue weighted by Gasteiger charge is 2.11. The molecule has 0 aliphatic rings. The summed E-state index contributed by atoms with van der Waals surface area (Å²) in [5.41, 5.74) is 0. The molecule has 94 valence electrons. The fourth-order valence-electron chi connectivity index (χ4n) is 1.68. The molecule has 1 aromatic carbocycles. The Bertz CT molecular complexity index is 795. The third kappa shape index (κ3) is 2.23. The van der Waals surface area contributed by atoms with Gasteiger partial charge in [-0.3, -0.25) is 14.9 Å². The van der Waals surface area contributed by atoms with Gasteiger partial charge in [-0.25, -0.2) is 5.10 Å². The number of rotatable bonds is 2. The second-order valence-corrected chi connectivity index (χ2v) is 4.79. The summed E-state index contributed by atoms with van der Waals surface area (Å²) in [6, 6.07) is 8.85. The number of anilines is 1. The molecule has 2 heterocycles. The van der Waals surface area contributed by atoms with E-state index in [1.54, 1.807) is 24.3 Å². The van der Waals surface area contributed by atoms with Crippen LogP contribution in [0.15, 0.2) is 41.5 Å². The molecule has 3 rings (SSSR count). The lowest BCUT2D eigenvalue weighted by Crippen LogP contribution is -2.13. The van der Waals surface area contributed by atoms with Crippen molar-refractivity contribution in [2.24, 2.45) is 0 Å². The van der Waals surface area contributed by atoms with Crippen LogP contribution in [-0.4, -0.2) is 21.1 Å². The van der Waals surface area contributed by atoms with Gasteiger partial charge in [0.25, 0.3) is 5.91 Å². The number of benzene rings is 1. The number of nitrogens with one attached hydrogen (secondary N) is 2. The van der Waals surface area contributed by atoms with Gasteiger partial charge >= 0.3 is 0 Å². The van der Waals surface area contributed by atoms with Gasteiger partial charge in [-0.15, -0.1) is 0 Å². The molecule has 0 fully saturated rings. The zero-order valence-corrected chi connectivity index (χ0v) is 10.4. The van der Waals surface area contributed by atoms with Crippen LogP contribution in [0, 0.1) is 0 Å². The Morgan fingerprint density at radius 1 is 1.32 bits per heavy atom. The van der Waals surface area contributed by atoms with Crippen molar-refractivity contribution in [3.63, 3.8) is 0 Å². The van der Waals surface area contributed by atoms with Crippen molar-refractivity contribution in [1.29, 1.82) is 0 Å². The van der Waals surface area contributed by atoms with Crippen molar-refractivity contribution >= 4 is 34.0 Å². The van der Waals surface area contributed by atoms with E-state index in [2.05, 4.69) is 20.5 Å². The number of amides is 1. The number of carbonyl (C=O) groups excluding carboxylic acids is 1. The van der Waals surface area contributed by atoms with Crippen LogP contribution < -0.4 is 10.1 Å². The normalized spacial score (nSPS) is 10.5. The number of aromatic nitrogens is 3. The Morgan fingerprint density at radius 3 is 2.95 bits per heavy atom. The average Bonchev–Trinajstić information content (AvgIpc) is 2.91. The molecule has 2 aromatic heterocycles. The summed E-state index contributed by atoms with van der Waals surface area (Å²) >= 11 is 0.907. The van der Waals surface area contributed by atoms with E-state index < -0.39 is 0 Å². The largest absolute Gasteiger partial charge is 0.290 e. The lowest BCUT2D eigenvalue weighted by atomic mass is 10.2.